The molecule has 0 amide bonds. The molecule has 0 aliphatic heterocycles. The summed E-state index contributed by atoms with van der Waals surface area (Å²) < 4.78 is 40.3. The lowest BCUT2D eigenvalue weighted by Crippen LogP contribution is -2.17. The molecule has 0 aliphatic carbocycles. The minimum Gasteiger partial charge on any atom is -0.504 e. The van der Waals surface area contributed by atoms with E-state index in [1.165, 1.54) is 12.1 Å². The normalized spacial score (nSPS) is 11.4. The highest BCUT2D eigenvalue weighted by atomic mass is 19.4. The zero-order valence-corrected chi connectivity index (χ0v) is 10.0. The van der Waals surface area contributed by atoms with Crippen molar-refractivity contribution in [3.63, 3.8) is 0 Å². The molecule has 5 heteroatoms. The van der Waals surface area contributed by atoms with E-state index in [1.54, 1.807) is 6.07 Å². The van der Waals surface area contributed by atoms with E-state index in [9.17, 15) is 18.3 Å². The van der Waals surface area contributed by atoms with Crippen molar-refractivity contribution in [2.45, 2.75) is 13.3 Å². The Bertz CT molecular complexity index is 591. The number of benzene rings is 2. The van der Waals surface area contributed by atoms with E-state index in [-0.39, 0.29) is 0 Å². The molecule has 2 rings (SSSR count). The smallest absolute Gasteiger partial charge is 0.504 e. The van der Waals surface area contributed by atoms with E-state index in [2.05, 4.69) is 4.74 Å². The van der Waals surface area contributed by atoms with Crippen LogP contribution in [0.2, 0.25) is 0 Å². The molecule has 0 aliphatic rings. The summed E-state index contributed by atoms with van der Waals surface area (Å²) in [5.41, 5.74) is 2.29. The van der Waals surface area contributed by atoms with Gasteiger partial charge in [-0.2, -0.15) is 0 Å². The standard InChI is InChI=1S/C14H11F3O2/c1-9-3-2-4-10(7-9)11-5-6-12(18)13(8-11)19-14(15,16)17/h2-8,18H,1H3. The van der Waals surface area contributed by atoms with Gasteiger partial charge in [0.15, 0.2) is 11.5 Å². The lowest BCUT2D eigenvalue weighted by molar-refractivity contribution is -0.275. The van der Waals surface area contributed by atoms with Crippen LogP contribution in [0.15, 0.2) is 42.5 Å². The fourth-order valence-corrected chi connectivity index (χ4v) is 1.72. The van der Waals surface area contributed by atoms with Gasteiger partial charge in [-0.1, -0.05) is 35.9 Å². The van der Waals surface area contributed by atoms with Gasteiger partial charge >= 0.3 is 6.36 Å². The fourth-order valence-electron chi connectivity index (χ4n) is 1.72. The predicted molar refractivity (Wildman–Crippen MR) is 65.0 cm³/mol. The van der Waals surface area contributed by atoms with E-state index in [0.29, 0.717) is 5.56 Å². The molecule has 2 aromatic carbocycles. The fraction of sp³-hybridized carbons (Fsp3) is 0.143. The molecule has 19 heavy (non-hydrogen) atoms. The Hall–Kier alpha value is -2.17. The van der Waals surface area contributed by atoms with Crippen molar-refractivity contribution >= 4 is 0 Å². The van der Waals surface area contributed by atoms with E-state index < -0.39 is 17.9 Å². The second-order valence-electron chi connectivity index (χ2n) is 4.10. The van der Waals surface area contributed by atoms with Gasteiger partial charge in [-0.15, -0.1) is 13.2 Å². The number of aromatic hydroxyl groups is 1. The van der Waals surface area contributed by atoms with Crippen molar-refractivity contribution in [2.75, 3.05) is 0 Å². The molecule has 0 spiro atoms. The van der Waals surface area contributed by atoms with Gasteiger partial charge in [0.05, 0.1) is 0 Å². The number of hydrogen-bond acceptors (Lipinski definition) is 2. The molecule has 0 unspecified atom stereocenters. The zero-order valence-electron chi connectivity index (χ0n) is 10.0. The van der Waals surface area contributed by atoms with Gasteiger partial charge in [0, 0.05) is 0 Å². The maximum absolute atomic E-state index is 12.2. The molecule has 2 aromatic rings. The summed E-state index contributed by atoms with van der Waals surface area (Å²) >= 11 is 0. The number of halogens is 3. The second-order valence-corrected chi connectivity index (χ2v) is 4.10. The van der Waals surface area contributed by atoms with Crippen molar-refractivity contribution in [1.82, 2.24) is 0 Å². The van der Waals surface area contributed by atoms with Crippen LogP contribution in [0.1, 0.15) is 5.56 Å². The Morgan fingerprint density at radius 3 is 2.32 bits per heavy atom. The van der Waals surface area contributed by atoms with Crippen molar-refractivity contribution in [1.29, 1.82) is 0 Å². The molecule has 0 bridgehead atoms. The lowest BCUT2D eigenvalue weighted by atomic mass is 10.0. The van der Waals surface area contributed by atoms with Gasteiger partial charge in [0.25, 0.3) is 0 Å². The SMILES string of the molecule is Cc1cccc(-c2ccc(O)c(OC(F)(F)F)c2)c1. The third kappa shape index (κ3) is 3.40. The van der Waals surface area contributed by atoms with Crippen molar-refractivity contribution < 1.29 is 23.0 Å². The zero-order chi connectivity index (χ0) is 14.0. The number of aryl methyl sites for hydroxylation is 1. The minimum absolute atomic E-state index is 0.542. The Labute approximate surface area is 108 Å². The molecule has 0 heterocycles. The van der Waals surface area contributed by atoms with Gasteiger partial charge in [0.1, 0.15) is 0 Å². The molecule has 0 aromatic heterocycles. The highest BCUT2D eigenvalue weighted by Gasteiger charge is 2.32. The van der Waals surface area contributed by atoms with Gasteiger partial charge in [-0.25, -0.2) is 0 Å². The summed E-state index contributed by atoms with van der Waals surface area (Å²) in [5, 5.41) is 9.37. The van der Waals surface area contributed by atoms with Crippen LogP contribution in [0.25, 0.3) is 11.1 Å². The Morgan fingerprint density at radius 1 is 1.00 bits per heavy atom. The molecule has 0 saturated heterocycles. The van der Waals surface area contributed by atoms with Crippen LogP contribution in [-0.2, 0) is 0 Å². The number of hydrogen-bond donors (Lipinski definition) is 1. The lowest BCUT2D eigenvalue weighted by Gasteiger charge is -2.12. The summed E-state index contributed by atoms with van der Waals surface area (Å²) in [6.45, 7) is 1.89. The van der Waals surface area contributed by atoms with Crippen LogP contribution in [0, 0.1) is 6.92 Å². The maximum atomic E-state index is 12.2. The molecule has 0 saturated carbocycles. The van der Waals surface area contributed by atoms with Crippen molar-refractivity contribution in [3.8, 4) is 22.6 Å². The Balaban J connectivity index is 2.41. The molecular formula is C14H11F3O2. The molecular weight excluding hydrogens is 257 g/mol. The summed E-state index contributed by atoms with van der Waals surface area (Å²) in [6, 6.07) is 11.2. The maximum Gasteiger partial charge on any atom is 0.573 e. The van der Waals surface area contributed by atoms with Crippen molar-refractivity contribution in [3.05, 3.63) is 48.0 Å². The first-order valence-corrected chi connectivity index (χ1v) is 5.51. The third-order valence-corrected chi connectivity index (χ3v) is 2.54. The summed E-state index contributed by atoms with van der Waals surface area (Å²) in [5.74, 6) is -1.15. The number of phenolic OH excluding ortho intramolecular Hbond substituents is 1. The van der Waals surface area contributed by atoms with E-state index >= 15 is 0 Å². The van der Waals surface area contributed by atoms with Gasteiger partial charge in [-0.05, 0) is 30.2 Å². The van der Waals surface area contributed by atoms with E-state index in [4.69, 9.17) is 0 Å². The van der Waals surface area contributed by atoms with Gasteiger partial charge in [0.2, 0.25) is 0 Å². The van der Waals surface area contributed by atoms with Crippen LogP contribution in [0.3, 0.4) is 0 Å². The molecule has 0 fully saturated rings. The van der Waals surface area contributed by atoms with Crippen LogP contribution in [0.5, 0.6) is 11.5 Å². The molecule has 0 atom stereocenters. The summed E-state index contributed by atoms with van der Waals surface area (Å²) in [6.07, 6.45) is -4.83. The van der Waals surface area contributed by atoms with Crippen molar-refractivity contribution in [2.24, 2.45) is 0 Å². The quantitative estimate of drug-likeness (QED) is 0.881. The monoisotopic (exact) mass is 268 g/mol. The van der Waals surface area contributed by atoms with Crippen LogP contribution >= 0.6 is 0 Å². The van der Waals surface area contributed by atoms with Crippen LogP contribution in [0.4, 0.5) is 13.2 Å². The second kappa shape index (κ2) is 4.84. The molecule has 100 valence electrons. The van der Waals surface area contributed by atoms with Gasteiger partial charge < -0.3 is 9.84 Å². The highest BCUT2D eigenvalue weighted by Crippen LogP contribution is 2.35. The van der Waals surface area contributed by atoms with E-state index in [1.807, 2.05) is 25.1 Å². The Morgan fingerprint density at radius 2 is 1.68 bits per heavy atom. The average molecular weight is 268 g/mol. The van der Waals surface area contributed by atoms with Crippen LogP contribution in [-0.4, -0.2) is 11.5 Å². The van der Waals surface area contributed by atoms with Crippen LogP contribution < -0.4 is 4.74 Å². The number of ether oxygens (including phenoxy) is 1. The molecule has 2 nitrogen and oxygen atoms in total. The minimum atomic E-state index is -4.83. The largest absolute Gasteiger partial charge is 0.573 e. The first-order valence-electron chi connectivity index (χ1n) is 5.51. The highest BCUT2D eigenvalue weighted by molar-refractivity contribution is 5.67. The average Bonchev–Trinajstić information content (AvgIpc) is 2.30. The number of phenols is 1. The summed E-state index contributed by atoms with van der Waals surface area (Å²) in [4.78, 5) is 0. The van der Waals surface area contributed by atoms with E-state index in [0.717, 1.165) is 17.2 Å². The molecule has 0 radical (unpaired) electrons. The molecule has 1 N–H and O–H groups in total. The Kier molecular flexibility index (Phi) is 3.38. The third-order valence-electron chi connectivity index (χ3n) is 2.54. The number of alkyl halides is 3. The number of rotatable bonds is 2. The predicted octanol–water partition coefficient (Wildman–Crippen LogP) is 4.27. The first-order chi connectivity index (χ1) is 8.85. The summed E-state index contributed by atoms with van der Waals surface area (Å²) in [7, 11) is 0. The first kappa shape index (κ1) is 13.3. The van der Waals surface area contributed by atoms with Gasteiger partial charge in [-0.3, -0.25) is 0 Å². The topological polar surface area (TPSA) is 29.5 Å².